The summed E-state index contributed by atoms with van der Waals surface area (Å²) < 4.78 is 10.2. The molecule has 0 aliphatic carbocycles. The highest BCUT2D eigenvalue weighted by Crippen LogP contribution is 2.32. The number of aromatic nitrogens is 2. The van der Waals surface area contributed by atoms with E-state index in [0.29, 0.717) is 20.6 Å². The van der Waals surface area contributed by atoms with Crippen LogP contribution >= 0.6 is 23.1 Å². The van der Waals surface area contributed by atoms with Gasteiger partial charge in [-0.2, -0.15) is 0 Å². The summed E-state index contributed by atoms with van der Waals surface area (Å²) in [7, 11) is 0. The lowest BCUT2D eigenvalue weighted by atomic mass is 9.96. The van der Waals surface area contributed by atoms with Gasteiger partial charge in [0.2, 0.25) is 0 Å². The third-order valence-corrected chi connectivity index (χ3v) is 9.48. The van der Waals surface area contributed by atoms with Crippen LogP contribution in [0.15, 0.2) is 105 Å². The van der Waals surface area contributed by atoms with Crippen LogP contribution in [0.1, 0.15) is 49.2 Å². The molecule has 1 aliphatic heterocycles. The summed E-state index contributed by atoms with van der Waals surface area (Å²) in [5.74, 6) is -0.454. The Bertz CT molecular complexity index is 2050. The van der Waals surface area contributed by atoms with Gasteiger partial charge in [-0.3, -0.25) is 9.36 Å². The van der Waals surface area contributed by atoms with Gasteiger partial charge >= 0.3 is 5.97 Å². The predicted octanol–water partition coefficient (Wildman–Crippen LogP) is 6.22. The summed E-state index contributed by atoms with van der Waals surface area (Å²) in [6.45, 7) is 8.29. The van der Waals surface area contributed by atoms with Gasteiger partial charge in [0.15, 0.2) is 4.80 Å². The number of carbonyl (C=O) groups excluding carboxylic acids is 1. The van der Waals surface area contributed by atoms with Crippen molar-refractivity contribution in [1.29, 1.82) is 0 Å². The molecular weight excluding hydrogens is 575 g/mol. The number of allylic oxidation sites excluding steroid dienone is 1. The first kappa shape index (κ1) is 29.0. The summed E-state index contributed by atoms with van der Waals surface area (Å²) in [6.07, 6.45) is 3.71. The van der Waals surface area contributed by atoms with Crippen molar-refractivity contribution < 1.29 is 9.53 Å². The lowest BCUT2D eigenvalue weighted by Gasteiger charge is -2.25. The van der Waals surface area contributed by atoms with Gasteiger partial charge in [0.25, 0.3) is 5.56 Å². The van der Waals surface area contributed by atoms with Gasteiger partial charge in [0.1, 0.15) is 0 Å². The van der Waals surface area contributed by atoms with Crippen LogP contribution in [0.3, 0.4) is 0 Å². The largest absolute Gasteiger partial charge is 0.459 e. The third kappa shape index (κ3) is 5.41. The first-order chi connectivity index (χ1) is 20.8. The van der Waals surface area contributed by atoms with E-state index in [-0.39, 0.29) is 11.7 Å². The lowest BCUT2D eigenvalue weighted by Crippen LogP contribution is -2.40. The average Bonchev–Trinajstić information content (AvgIpc) is 3.45. The summed E-state index contributed by atoms with van der Waals surface area (Å²) in [5.41, 5.74) is 6.03. The van der Waals surface area contributed by atoms with Gasteiger partial charge in [0.05, 0.1) is 27.9 Å². The number of rotatable bonds is 7. The number of thiazole rings is 1. The standard InChI is InChI=1S/C35H33N3O3S2/c1-21(2)41-34(40)31-22(3)36-35-38(32(31)25-15-17-26(42-5)18-16-25)33(39)30(43-35)19-28-23(4)37(20-24-11-7-6-8-12-24)29-14-10-9-13-27(28)29/h6-19,21,32H,20H2,1-5H3/b30-19-/t32-/m0/s1. The molecule has 43 heavy (non-hydrogen) atoms. The van der Waals surface area contributed by atoms with Crippen molar-refractivity contribution in [3.63, 3.8) is 0 Å². The van der Waals surface area contributed by atoms with E-state index < -0.39 is 12.0 Å². The minimum Gasteiger partial charge on any atom is -0.459 e. The van der Waals surface area contributed by atoms with Crippen molar-refractivity contribution in [2.45, 2.75) is 51.3 Å². The molecule has 1 aliphatic rings. The van der Waals surface area contributed by atoms with Crippen molar-refractivity contribution >= 4 is 46.0 Å². The van der Waals surface area contributed by atoms with E-state index in [0.717, 1.165) is 39.2 Å². The number of carbonyl (C=O) groups is 1. The van der Waals surface area contributed by atoms with E-state index in [1.165, 1.54) is 16.9 Å². The minimum absolute atomic E-state index is 0.177. The number of esters is 1. The van der Waals surface area contributed by atoms with Gasteiger partial charge in [0, 0.05) is 33.6 Å². The number of ether oxygens (including phenoxy) is 1. The zero-order valence-corrected chi connectivity index (χ0v) is 26.5. The fraction of sp³-hybridized carbons (Fsp3) is 0.229. The Kier molecular flexibility index (Phi) is 7.99. The normalized spacial score (nSPS) is 15.2. The SMILES string of the molecule is CSc1ccc([C@H]2C(C(=O)OC(C)C)=C(C)N=c3s/c(=C\c4c(C)n(Cc5ccccc5)c5ccccc45)c(=O)n32)cc1. The summed E-state index contributed by atoms with van der Waals surface area (Å²) in [5, 5.41) is 1.09. The first-order valence-corrected chi connectivity index (χ1v) is 16.3. The molecule has 8 heteroatoms. The lowest BCUT2D eigenvalue weighted by molar-refractivity contribution is -0.143. The van der Waals surface area contributed by atoms with Crippen LogP contribution in [-0.2, 0) is 16.1 Å². The van der Waals surface area contributed by atoms with Crippen LogP contribution in [0.5, 0.6) is 0 Å². The molecule has 6 rings (SSSR count). The van der Waals surface area contributed by atoms with Gasteiger partial charge in [-0.1, -0.05) is 72.0 Å². The maximum Gasteiger partial charge on any atom is 0.338 e. The number of para-hydroxylation sites is 1. The maximum atomic E-state index is 14.3. The van der Waals surface area contributed by atoms with Crippen molar-refractivity contribution in [2.24, 2.45) is 4.99 Å². The van der Waals surface area contributed by atoms with Crippen molar-refractivity contribution in [2.75, 3.05) is 6.26 Å². The number of thioether (sulfide) groups is 1. The summed E-state index contributed by atoms with van der Waals surface area (Å²) in [6, 6.07) is 26.0. The zero-order valence-electron chi connectivity index (χ0n) is 24.8. The average molecular weight is 608 g/mol. The second-order valence-electron chi connectivity index (χ2n) is 10.9. The molecule has 0 amide bonds. The zero-order chi connectivity index (χ0) is 30.2. The molecule has 3 aromatic carbocycles. The number of hydrogen-bond acceptors (Lipinski definition) is 6. The molecule has 0 bridgehead atoms. The van der Waals surface area contributed by atoms with Crippen LogP contribution in [-0.4, -0.2) is 27.5 Å². The molecule has 0 spiro atoms. The number of hydrogen-bond donors (Lipinski definition) is 0. The molecule has 3 heterocycles. The predicted molar refractivity (Wildman–Crippen MR) is 175 cm³/mol. The second kappa shape index (κ2) is 11.9. The Hall–Kier alpha value is -4.14. The Morgan fingerprint density at radius 2 is 1.72 bits per heavy atom. The van der Waals surface area contributed by atoms with Gasteiger partial charge in [-0.15, -0.1) is 11.8 Å². The Morgan fingerprint density at radius 3 is 2.42 bits per heavy atom. The summed E-state index contributed by atoms with van der Waals surface area (Å²) >= 11 is 3.00. The Morgan fingerprint density at radius 1 is 1.02 bits per heavy atom. The molecule has 0 fully saturated rings. The quantitative estimate of drug-likeness (QED) is 0.163. The Balaban J connectivity index is 1.54. The number of nitrogens with zero attached hydrogens (tertiary/aromatic N) is 3. The smallest absolute Gasteiger partial charge is 0.338 e. The minimum atomic E-state index is -0.638. The highest BCUT2D eigenvalue weighted by Gasteiger charge is 2.34. The Labute approximate surface area is 258 Å². The van der Waals surface area contributed by atoms with Gasteiger partial charge in [-0.05, 0) is 69.4 Å². The van der Waals surface area contributed by atoms with E-state index in [4.69, 9.17) is 9.73 Å². The molecule has 6 nitrogen and oxygen atoms in total. The molecule has 1 atom stereocenters. The van der Waals surface area contributed by atoms with E-state index >= 15 is 0 Å². The first-order valence-electron chi connectivity index (χ1n) is 14.3. The molecule has 0 saturated heterocycles. The van der Waals surface area contributed by atoms with Crippen LogP contribution < -0.4 is 14.9 Å². The van der Waals surface area contributed by atoms with Crippen molar-refractivity contribution in [1.82, 2.24) is 9.13 Å². The van der Waals surface area contributed by atoms with Crippen molar-refractivity contribution in [3.05, 3.63) is 132 Å². The molecule has 0 unspecified atom stereocenters. The van der Waals surface area contributed by atoms with Crippen molar-refractivity contribution in [3.8, 4) is 0 Å². The number of fused-ring (bicyclic) bond motifs is 2. The topological polar surface area (TPSA) is 65.6 Å². The van der Waals surface area contributed by atoms with Crippen LogP contribution in [0.25, 0.3) is 17.0 Å². The molecule has 0 N–H and O–H groups in total. The molecule has 0 saturated carbocycles. The van der Waals surface area contributed by atoms with E-state index in [9.17, 15) is 9.59 Å². The molecular formula is C35H33N3O3S2. The fourth-order valence-electron chi connectivity index (χ4n) is 5.70. The maximum absolute atomic E-state index is 14.3. The second-order valence-corrected chi connectivity index (χ2v) is 12.8. The van der Waals surface area contributed by atoms with Crippen LogP contribution in [0.2, 0.25) is 0 Å². The van der Waals surface area contributed by atoms with Gasteiger partial charge in [-0.25, -0.2) is 9.79 Å². The van der Waals surface area contributed by atoms with E-state index in [2.05, 4.69) is 47.9 Å². The highest BCUT2D eigenvalue weighted by atomic mass is 32.2. The molecule has 2 aromatic heterocycles. The fourth-order valence-corrected chi connectivity index (χ4v) is 7.14. The number of benzene rings is 3. The molecule has 218 valence electrons. The van der Waals surface area contributed by atoms with E-state index in [1.54, 1.807) is 16.3 Å². The third-order valence-electron chi connectivity index (χ3n) is 7.75. The highest BCUT2D eigenvalue weighted by molar-refractivity contribution is 7.98. The van der Waals surface area contributed by atoms with Crippen LogP contribution in [0.4, 0.5) is 0 Å². The van der Waals surface area contributed by atoms with Gasteiger partial charge < -0.3 is 9.30 Å². The van der Waals surface area contributed by atoms with Crippen LogP contribution in [0, 0.1) is 6.92 Å². The molecule has 0 radical (unpaired) electrons. The monoisotopic (exact) mass is 607 g/mol. The summed E-state index contributed by atoms with van der Waals surface area (Å²) in [4.78, 5) is 34.1. The van der Waals surface area contributed by atoms with E-state index in [1.807, 2.05) is 75.6 Å². The molecule has 5 aromatic rings.